The number of imide groups is 1. The summed E-state index contributed by atoms with van der Waals surface area (Å²) in [6, 6.07) is 19.7. The van der Waals surface area contributed by atoms with Crippen molar-refractivity contribution in [2.24, 2.45) is 0 Å². The number of amides is 2. The van der Waals surface area contributed by atoms with Gasteiger partial charge < -0.3 is 0 Å². The molecular formula is C29H26N4O2. The SMILES string of the molecule is CC1=C(C#N)C(=O)N(C2CCCC2)C(=O)/C1=C/c1cn(-c2ccccc2)nc1-c1ccc(C)cc1. The van der Waals surface area contributed by atoms with E-state index in [-0.39, 0.29) is 17.5 Å². The van der Waals surface area contributed by atoms with E-state index in [1.165, 1.54) is 4.90 Å². The van der Waals surface area contributed by atoms with Crippen LogP contribution in [0.2, 0.25) is 0 Å². The van der Waals surface area contributed by atoms with Gasteiger partial charge in [0.25, 0.3) is 11.8 Å². The number of rotatable bonds is 4. The molecule has 2 aromatic carbocycles. The summed E-state index contributed by atoms with van der Waals surface area (Å²) in [5.41, 5.74) is 5.26. The van der Waals surface area contributed by atoms with Crippen LogP contribution in [0.5, 0.6) is 0 Å². The van der Waals surface area contributed by atoms with E-state index >= 15 is 0 Å². The molecule has 2 heterocycles. The van der Waals surface area contributed by atoms with Crippen molar-refractivity contribution in [3.63, 3.8) is 0 Å². The van der Waals surface area contributed by atoms with Crippen LogP contribution in [0.4, 0.5) is 0 Å². The molecule has 1 fully saturated rings. The number of hydrogen-bond donors (Lipinski definition) is 0. The maximum atomic E-state index is 13.6. The van der Waals surface area contributed by atoms with E-state index in [0.717, 1.165) is 53.8 Å². The Morgan fingerprint density at radius 2 is 1.66 bits per heavy atom. The van der Waals surface area contributed by atoms with Gasteiger partial charge in [-0.1, -0.05) is 60.9 Å². The third kappa shape index (κ3) is 4.10. The minimum absolute atomic E-state index is 0.0371. The first-order chi connectivity index (χ1) is 17.0. The van der Waals surface area contributed by atoms with E-state index in [1.807, 2.05) is 67.7 Å². The number of aryl methyl sites for hydroxylation is 1. The van der Waals surface area contributed by atoms with Gasteiger partial charge in [-0.15, -0.1) is 0 Å². The van der Waals surface area contributed by atoms with Gasteiger partial charge in [-0.3, -0.25) is 14.5 Å². The first kappa shape index (κ1) is 22.5. The van der Waals surface area contributed by atoms with Crippen molar-refractivity contribution in [2.45, 2.75) is 45.6 Å². The number of carbonyl (C=O) groups is 2. The zero-order valence-electron chi connectivity index (χ0n) is 19.9. The van der Waals surface area contributed by atoms with Crippen molar-refractivity contribution in [3.8, 4) is 23.0 Å². The molecule has 1 aromatic heterocycles. The van der Waals surface area contributed by atoms with Crippen LogP contribution >= 0.6 is 0 Å². The summed E-state index contributed by atoms with van der Waals surface area (Å²) in [5.74, 6) is -0.807. The lowest BCUT2D eigenvalue weighted by Crippen LogP contribution is -2.47. The molecule has 0 spiro atoms. The summed E-state index contributed by atoms with van der Waals surface area (Å²) in [7, 11) is 0. The molecule has 1 aliphatic carbocycles. The van der Waals surface area contributed by atoms with Crippen LogP contribution in [0, 0.1) is 18.3 Å². The number of nitriles is 1. The molecule has 0 saturated heterocycles. The van der Waals surface area contributed by atoms with Crippen molar-refractivity contribution in [3.05, 3.63) is 88.6 Å². The van der Waals surface area contributed by atoms with Crippen LogP contribution in [0.1, 0.15) is 43.7 Å². The van der Waals surface area contributed by atoms with E-state index in [1.54, 1.807) is 17.7 Å². The van der Waals surface area contributed by atoms with Gasteiger partial charge in [0.2, 0.25) is 0 Å². The second-order valence-corrected chi connectivity index (χ2v) is 9.17. The standard InChI is InChI=1S/C29H26N4O2/c1-19-12-14-21(15-13-19)27-22(18-32(31-27)23-8-4-3-5-9-23)16-25-20(2)26(17-30)29(35)33(28(25)34)24-10-6-7-11-24/h3-5,8-9,12-16,18,24H,6-7,10-11H2,1-2H3/b25-16+. The molecule has 6 nitrogen and oxygen atoms in total. The van der Waals surface area contributed by atoms with E-state index < -0.39 is 5.91 Å². The van der Waals surface area contributed by atoms with Crippen LogP contribution in [0.15, 0.2) is 77.5 Å². The molecule has 174 valence electrons. The Labute approximate surface area is 204 Å². The van der Waals surface area contributed by atoms with Gasteiger partial charge in [-0.25, -0.2) is 4.68 Å². The Bertz CT molecular complexity index is 1400. The molecule has 0 N–H and O–H groups in total. The predicted molar refractivity (Wildman–Crippen MR) is 134 cm³/mol. The van der Waals surface area contributed by atoms with Gasteiger partial charge in [0.05, 0.1) is 11.4 Å². The van der Waals surface area contributed by atoms with Gasteiger partial charge >= 0.3 is 0 Å². The molecule has 3 aromatic rings. The number of aromatic nitrogens is 2. The quantitative estimate of drug-likeness (QED) is 0.385. The fraction of sp³-hybridized carbons (Fsp3) is 0.241. The summed E-state index contributed by atoms with van der Waals surface area (Å²) in [5, 5.41) is 14.6. The molecule has 35 heavy (non-hydrogen) atoms. The van der Waals surface area contributed by atoms with E-state index in [4.69, 9.17) is 5.10 Å². The molecular weight excluding hydrogens is 436 g/mol. The number of benzene rings is 2. The highest BCUT2D eigenvalue weighted by Gasteiger charge is 2.40. The van der Waals surface area contributed by atoms with Crippen LogP contribution < -0.4 is 0 Å². The molecule has 0 atom stereocenters. The number of carbonyl (C=O) groups excluding carboxylic acids is 2. The van der Waals surface area contributed by atoms with Gasteiger partial charge in [-0.05, 0) is 50.5 Å². The van der Waals surface area contributed by atoms with Crippen molar-refractivity contribution in [1.29, 1.82) is 5.26 Å². The lowest BCUT2D eigenvalue weighted by molar-refractivity contribution is -0.143. The van der Waals surface area contributed by atoms with Gasteiger partial charge in [0.1, 0.15) is 11.6 Å². The third-order valence-electron chi connectivity index (χ3n) is 6.85. The van der Waals surface area contributed by atoms with E-state index in [2.05, 4.69) is 6.07 Å². The molecule has 0 bridgehead atoms. The highest BCUT2D eigenvalue weighted by molar-refractivity contribution is 6.20. The Balaban J connectivity index is 1.68. The van der Waals surface area contributed by atoms with Crippen molar-refractivity contribution >= 4 is 17.9 Å². The molecule has 1 saturated carbocycles. The van der Waals surface area contributed by atoms with E-state index in [0.29, 0.717) is 11.1 Å². The number of para-hydroxylation sites is 1. The third-order valence-corrected chi connectivity index (χ3v) is 6.85. The topological polar surface area (TPSA) is 79.0 Å². The van der Waals surface area contributed by atoms with Crippen molar-refractivity contribution < 1.29 is 9.59 Å². The molecule has 6 heteroatoms. The first-order valence-electron chi connectivity index (χ1n) is 11.9. The average molecular weight is 463 g/mol. The molecule has 1 aliphatic heterocycles. The summed E-state index contributed by atoms with van der Waals surface area (Å²) < 4.78 is 1.79. The number of hydrogen-bond acceptors (Lipinski definition) is 4. The Morgan fingerprint density at radius 1 is 0.971 bits per heavy atom. The second-order valence-electron chi connectivity index (χ2n) is 9.17. The first-order valence-corrected chi connectivity index (χ1v) is 11.9. The summed E-state index contributed by atoms with van der Waals surface area (Å²) in [4.78, 5) is 28.0. The highest BCUT2D eigenvalue weighted by atomic mass is 16.2. The maximum Gasteiger partial charge on any atom is 0.271 e. The summed E-state index contributed by atoms with van der Waals surface area (Å²) in [6.07, 6.45) is 7.19. The largest absolute Gasteiger partial charge is 0.271 e. The normalized spacial score (nSPS) is 18.0. The van der Waals surface area contributed by atoms with Crippen LogP contribution in [-0.4, -0.2) is 32.5 Å². The Hall–Kier alpha value is -4.24. The fourth-order valence-electron chi connectivity index (χ4n) is 4.89. The second kappa shape index (κ2) is 9.19. The monoisotopic (exact) mass is 462 g/mol. The fourth-order valence-corrected chi connectivity index (χ4v) is 4.89. The Morgan fingerprint density at radius 3 is 2.31 bits per heavy atom. The van der Waals surface area contributed by atoms with Crippen LogP contribution in [0.25, 0.3) is 23.0 Å². The minimum Gasteiger partial charge on any atom is -0.271 e. The van der Waals surface area contributed by atoms with Crippen LogP contribution in [0.3, 0.4) is 0 Å². The summed E-state index contributed by atoms with van der Waals surface area (Å²) in [6.45, 7) is 3.71. The summed E-state index contributed by atoms with van der Waals surface area (Å²) >= 11 is 0. The predicted octanol–water partition coefficient (Wildman–Crippen LogP) is 5.38. The zero-order chi connectivity index (χ0) is 24.5. The average Bonchev–Trinajstić information content (AvgIpc) is 3.54. The van der Waals surface area contributed by atoms with Gasteiger partial charge in [0.15, 0.2) is 0 Å². The van der Waals surface area contributed by atoms with Crippen LogP contribution in [-0.2, 0) is 9.59 Å². The van der Waals surface area contributed by atoms with Gasteiger partial charge in [-0.2, -0.15) is 10.4 Å². The number of nitrogens with zero attached hydrogens (tertiary/aromatic N) is 4. The van der Waals surface area contributed by atoms with Gasteiger partial charge in [0, 0.05) is 28.9 Å². The molecule has 0 unspecified atom stereocenters. The van der Waals surface area contributed by atoms with Crippen molar-refractivity contribution in [1.82, 2.24) is 14.7 Å². The highest BCUT2D eigenvalue weighted by Crippen LogP contribution is 2.34. The molecule has 2 aliphatic rings. The molecule has 2 amide bonds. The smallest absolute Gasteiger partial charge is 0.271 e. The van der Waals surface area contributed by atoms with Crippen molar-refractivity contribution in [2.75, 3.05) is 0 Å². The minimum atomic E-state index is -0.474. The Kier molecular flexibility index (Phi) is 5.92. The molecule has 5 rings (SSSR count). The lowest BCUT2D eigenvalue weighted by Gasteiger charge is -2.32. The van der Waals surface area contributed by atoms with E-state index in [9.17, 15) is 14.9 Å². The zero-order valence-corrected chi connectivity index (χ0v) is 19.9. The lowest BCUT2D eigenvalue weighted by atomic mass is 9.92. The molecule has 0 radical (unpaired) electrons. The maximum absolute atomic E-state index is 13.6.